The molecule has 0 saturated carbocycles. The summed E-state index contributed by atoms with van der Waals surface area (Å²) >= 11 is 0. The van der Waals surface area contributed by atoms with Crippen LogP contribution in [-0.2, 0) is 4.79 Å². The first-order valence-electron chi connectivity index (χ1n) is 5.64. The largest absolute Gasteiger partial charge is 0.352 e. The Labute approximate surface area is 106 Å². The maximum atomic E-state index is 11.6. The minimum Gasteiger partial charge on any atom is -0.352 e. The van der Waals surface area contributed by atoms with Gasteiger partial charge in [-0.05, 0) is 37.6 Å². The van der Waals surface area contributed by atoms with Crippen LogP contribution in [0.4, 0.5) is 5.69 Å². The van der Waals surface area contributed by atoms with E-state index in [1.54, 1.807) is 31.2 Å². The number of amides is 2. The van der Waals surface area contributed by atoms with Gasteiger partial charge in [-0.15, -0.1) is 0 Å². The molecule has 2 N–H and O–H groups in total. The fourth-order valence-electron chi connectivity index (χ4n) is 1.47. The van der Waals surface area contributed by atoms with E-state index in [1.807, 2.05) is 6.92 Å². The van der Waals surface area contributed by atoms with E-state index in [1.165, 1.54) is 0 Å². The Morgan fingerprint density at radius 1 is 1.39 bits per heavy atom. The lowest BCUT2D eigenvalue weighted by molar-refractivity contribution is -0.115. The van der Waals surface area contributed by atoms with Gasteiger partial charge in [-0.2, -0.15) is 5.26 Å². The van der Waals surface area contributed by atoms with Gasteiger partial charge in [-0.3, -0.25) is 9.59 Å². The number of nitriles is 1. The first kappa shape index (κ1) is 13.7. The zero-order valence-corrected chi connectivity index (χ0v) is 10.4. The van der Waals surface area contributed by atoms with Crippen LogP contribution in [0, 0.1) is 18.3 Å². The van der Waals surface area contributed by atoms with Crippen molar-refractivity contribution in [2.75, 3.05) is 11.9 Å². The Morgan fingerprint density at radius 3 is 2.67 bits per heavy atom. The number of aryl methyl sites for hydroxylation is 1. The SMILES string of the molecule is CCNC(=O)c1ccc(NC(=O)CC#N)c(C)c1. The zero-order valence-electron chi connectivity index (χ0n) is 10.4. The number of carbonyl (C=O) groups excluding carboxylic acids is 2. The number of nitrogens with zero attached hydrogens (tertiary/aromatic N) is 1. The van der Waals surface area contributed by atoms with Gasteiger partial charge in [0.15, 0.2) is 0 Å². The Hall–Kier alpha value is -2.35. The van der Waals surface area contributed by atoms with Crippen LogP contribution in [0.5, 0.6) is 0 Å². The smallest absolute Gasteiger partial charge is 0.251 e. The van der Waals surface area contributed by atoms with Gasteiger partial charge in [0.1, 0.15) is 6.42 Å². The molecule has 0 aliphatic rings. The van der Waals surface area contributed by atoms with E-state index in [2.05, 4.69) is 10.6 Å². The Kier molecular flexibility index (Phi) is 4.88. The molecular formula is C13H15N3O2. The summed E-state index contributed by atoms with van der Waals surface area (Å²) in [6.07, 6.45) is -0.183. The summed E-state index contributed by atoms with van der Waals surface area (Å²) in [5.74, 6) is -0.498. The van der Waals surface area contributed by atoms with Crippen molar-refractivity contribution in [1.82, 2.24) is 5.32 Å². The third kappa shape index (κ3) is 3.59. The van der Waals surface area contributed by atoms with E-state index in [-0.39, 0.29) is 18.2 Å². The summed E-state index contributed by atoms with van der Waals surface area (Å²) in [5, 5.41) is 13.7. The predicted octanol–water partition coefficient (Wildman–Crippen LogP) is 1.60. The Bertz CT molecular complexity index is 503. The highest BCUT2D eigenvalue weighted by molar-refractivity contribution is 5.96. The number of hydrogen-bond acceptors (Lipinski definition) is 3. The lowest BCUT2D eigenvalue weighted by Gasteiger charge is -2.09. The molecule has 0 aliphatic carbocycles. The van der Waals surface area contributed by atoms with Gasteiger partial charge in [0, 0.05) is 17.8 Å². The molecule has 18 heavy (non-hydrogen) atoms. The summed E-state index contributed by atoms with van der Waals surface area (Å²) in [6.45, 7) is 4.21. The van der Waals surface area contributed by atoms with Crippen LogP contribution in [-0.4, -0.2) is 18.4 Å². The van der Waals surface area contributed by atoms with Crippen molar-refractivity contribution in [2.45, 2.75) is 20.3 Å². The zero-order chi connectivity index (χ0) is 13.5. The molecular weight excluding hydrogens is 230 g/mol. The van der Waals surface area contributed by atoms with Gasteiger partial charge in [0.05, 0.1) is 6.07 Å². The lowest BCUT2D eigenvalue weighted by atomic mass is 10.1. The highest BCUT2D eigenvalue weighted by Gasteiger charge is 2.08. The van der Waals surface area contributed by atoms with Crippen molar-refractivity contribution in [1.29, 1.82) is 5.26 Å². The summed E-state index contributed by atoms with van der Waals surface area (Å²) < 4.78 is 0. The molecule has 5 heteroatoms. The number of anilines is 1. The first-order chi connectivity index (χ1) is 8.58. The second kappa shape index (κ2) is 6.40. The summed E-state index contributed by atoms with van der Waals surface area (Å²) in [6, 6.07) is 6.78. The molecule has 0 fully saturated rings. The van der Waals surface area contributed by atoms with Gasteiger partial charge in [0.2, 0.25) is 5.91 Å². The average molecular weight is 245 g/mol. The van der Waals surface area contributed by atoms with Gasteiger partial charge in [-0.1, -0.05) is 0 Å². The van der Waals surface area contributed by atoms with Gasteiger partial charge >= 0.3 is 0 Å². The highest BCUT2D eigenvalue weighted by atomic mass is 16.2. The molecule has 2 amide bonds. The van der Waals surface area contributed by atoms with Gasteiger partial charge < -0.3 is 10.6 Å². The summed E-state index contributed by atoms with van der Waals surface area (Å²) in [4.78, 5) is 22.9. The van der Waals surface area contributed by atoms with Crippen molar-refractivity contribution in [3.05, 3.63) is 29.3 Å². The van der Waals surface area contributed by atoms with Crippen molar-refractivity contribution < 1.29 is 9.59 Å². The number of carbonyl (C=O) groups is 2. The highest BCUT2D eigenvalue weighted by Crippen LogP contribution is 2.16. The third-order valence-corrected chi connectivity index (χ3v) is 2.34. The molecule has 0 bridgehead atoms. The van der Waals surface area contributed by atoms with Crippen LogP contribution in [0.15, 0.2) is 18.2 Å². The number of rotatable bonds is 4. The average Bonchev–Trinajstić information content (AvgIpc) is 2.32. The van der Waals surface area contributed by atoms with Crippen LogP contribution in [0.25, 0.3) is 0 Å². The lowest BCUT2D eigenvalue weighted by Crippen LogP contribution is -2.22. The van der Waals surface area contributed by atoms with E-state index >= 15 is 0 Å². The van der Waals surface area contributed by atoms with E-state index in [0.29, 0.717) is 17.8 Å². The van der Waals surface area contributed by atoms with Gasteiger partial charge in [0.25, 0.3) is 5.91 Å². The normalized spacial score (nSPS) is 9.39. The van der Waals surface area contributed by atoms with Crippen molar-refractivity contribution in [3.8, 4) is 6.07 Å². The molecule has 1 aromatic carbocycles. The maximum absolute atomic E-state index is 11.6. The van der Waals surface area contributed by atoms with Crippen LogP contribution in [0.3, 0.4) is 0 Å². The van der Waals surface area contributed by atoms with E-state index < -0.39 is 0 Å². The van der Waals surface area contributed by atoms with Crippen molar-refractivity contribution in [2.24, 2.45) is 0 Å². The molecule has 0 spiro atoms. The van der Waals surface area contributed by atoms with Crippen molar-refractivity contribution >= 4 is 17.5 Å². The summed E-state index contributed by atoms with van der Waals surface area (Å²) in [7, 11) is 0. The molecule has 94 valence electrons. The van der Waals surface area contributed by atoms with E-state index in [0.717, 1.165) is 5.56 Å². The minimum absolute atomic E-state index is 0.143. The minimum atomic E-state index is -0.355. The Balaban J connectivity index is 2.83. The molecule has 0 atom stereocenters. The molecule has 0 aliphatic heterocycles. The molecule has 0 saturated heterocycles. The second-order valence-corrected chi connectivity index (χ2v) is 3.77. The number of nitrogens with one attached hydrogen (secondary N) is 2. The van der Waals surface area contributed by atoms with Crippen LogP contribution >= 0.6 is 0 Å². The molecule has 1 aromatic rings. The van der Waals surface area contributed by atoms with Crippen LogP contribution in [0.1, 0.15) is 29.3 Å². The number of benzene rings is 1. The molecule has 0 heterocycles. The monoisotopic (exact) mass is 245 g/mol. The first-order valence-corrected chi connectivity index (χ1v) is 5.64. The second-order valence-electron chi connectivity index (χ2n) is 3.77. The summed E-state index contributed by atoms with van der Waals surface area (Å²) in [5.41, 5.74) is 1.95. The third-order valence-electron chi connectivity index (χ3n) is 2.34. The molecule has 0 aromatic heterocycles. The maximum Gasteiger partial charge on any atom is 0.251 e. The Morgan fingerprint density at radius 2 is 2.11 bits per heavy atom. The molecule has 1 rings (SSSR count). The number of hydrogen-bond donors (Lipinski definition) is 2. The fourth-order valence-corrected chi connectivity index (χ4v) is 1.47. The van der Waals surface area contributed by atoms with Gasteiger partial charge in [-0.25, -0.2) is 0 Å². The fraction of sp³-hybridized carbons (Fsp3) is 0.308. The molecule has 0 radical (unpaired) electrons. The van der Waals surface area contributed by atoms with E-state index in [4.69, 9.17) is 5.26 Å². The van der Waals surface area contributed by atoms with E-state index in [9.17, 15) is 9.59 Å². The van der Waals surface area contributed by atoms with Crippen LogP contribution < -0.4 is 10.6 Å². The standard InChI is InChI=1S/C13H15N3O2/c1-3-15-13(18)10-4-5-11(9(2)8-10)16-12(17)6-7-14/h4-5,8H,3,6H2,1-2H3,(H,15,18)(H,16,17). The van der Waals surface area contributed by atoms with Crippen molar-refractivity contribution in [3.63, 3.8) is 0 Å². The topological polar surface area (TPSA) is 82.0 Å². The quantitative estimate of drug-likeness (QED) is 0.845. The van der Waals surface area contributed by atoms with Crippen LogP contribution in [0.2, 0.25) is 0 Å². The molecule has 5 nitrogen and oxygen atoms in total. The molecule has 0 unspecified atom stereocenters. The predicted molar refractivity (Wildman–Crippen MR) is 68.0 cm³/mol.